The Morgan fingerprint density at radius 2 is 2.05 bits per heavy atom. The average molecular weight is 303 g/mol. The van der Waals surface area contributed by atoms with Gasteiger partial charge in [-0.05, 0) is 26.1 Å². The summed E-state index contributed by atoms with van der Waals surface area (Å²) in [6.45, 7) is 1.46. The van der Waals surface area contributed by atoms with Gasteiger partial charge < -0.3 is 15.2 Å². The predicted octanol–water partition coefficient (Wildman–Crippen LogP) is 1.36. The van der Waals surface area contributed by atoms with Crippen molar-refractivity contribution < 1.29 is 18.0 Å². The van der Waals surface area contributed by atoms with E-state index in [1.165, 1.54) is 18.0 Å². The van der Waals surface area contributed by atoms with E-state index in [0.29, 0.717) is 5.69 Å². The number of aromatic amines is 1. The van der Waals surface area contributed by atoms with Crippen LogP contribution in [0.3, 0.4) is 0 Å². The molecule has 0 aromatic carbocycles. The summed E-state index contributed by atoms with van der Waals surface area (Å²) in [6, 6.07) is 2.95. The third-order valence-corrected chi connectivity index (χ3v) is 3.57. The minimum Gasteiger partial charge on any atom is -0.325 e. The van der Waals surface area contributed by atoms with Gasteiger partial charge in [0.05, 0.1) is 11.8 Å². The van der Waals surface area contributed by atoms with Gasteiger partial charge in [0, 0.05) is 18.8 Å². The molecule has 0 aliphatic carbocycles. The number of likely N-dealkylation sites (tertiary alicyclic amines) is 1. The lowest BCUT2D eigenvalue weighted by Crippen LogP contribution is -2.37. The summed E-state index contributed by atoms with van der Waals surface area (Å²) >= 11 is 0. The van der Waals surface area contributed by atoms with Gasteiger partial charge in [0.1, 0.15) is 5.69 Å². The Morgan fingerprint density at radius 3 is 2.62 bits per heavy atom. The molecule has 1 aliphatic heterocycles. The monoisotopic (exact) mass is 303 g/mol. The highest BCUT2D eigenvalue weighted by Crippen LogP contribution is 2.37. The number of hydrogen-bond acceptors (Lipinski definition) is 3. The van der Waals surface area contributed by atoms with Crippen molar-refractivity contribution in [1.29, 1.82) is 0 Å². The third-order valence-electron chi connectivity index (χ3n) is 3.57. The third kappa shape index (κ3) is 3.44. The molecule has 2 heterocycles. The molecule has 2 N–H and O–H groups in total. The highest BCUT2D eigenvalue weighted by molar-refractivity contribution is 5.93. The first-order chi connectivity index (χ1) is 9.68. The second-order valence-electron chi connectivity index (χ2n) is 5.35. The molecule has 21 heavy (non-hydrogen) atoms. The number of rotatable bonds is 2. The minimum atomic E-state index is -4.44. The highest BCUT2D eigenvalue weighted by Gasteiger charge is 2.51. The van der Waals surface area contributed by atoms with Gasteiger partial charge in [-0.25, -0.2) is 0 Å². The lowest BCUT2D eigenvalue weighted by atomic mass is 9.94. The summed E-state index contributed by atoms with van der Waals surface area (Å²) in [5.41, 5.74) is 0.0334. The number of alkyl halides is 3. The SMILES string of the molecule is Cc1ccc(NC(=O)[C@@H]2CN(C)C[C@H]2C(F)(F)F)c(=O)[nH]1. The predicted molar refractivity (Wildman–Crippen MR) is 71.0 cm³/mol. The fourth-order valence-corrected chi connectivity index (χ4v) is 2.49. The molecule has 2 rings (SSSR count). The van der Waals surface area contributed by atoms with Crippen LogP contribution < -0.4 is 10.9 Å². The Kier molecular flexibility index (Phi) is 4.08. The van der Waals surface area contributed by atoms with E-state index in [1.54, 1.807) is 13.0 Å². The molecule has 1 fully saturated rings. The number of H-pyrrole nitrogens is 1. The van der Waals surface area contributed by atoms with Crippen molar-refractivity contribution in [2.24, 2.45) is 11.8 Å². The van der Waals surface area contributed by atoms with E-state index in [4.69, 9.17) is 0 Å². The summed E-state index contributed by atoms with van der Waals surface area (Å²) in [4.78, 5) is 27.6. The molecule has 0 unspecified atom stereocenters. The largest absolute Gasteiger partial charge is 0.393 e. The van der Waals surface area contributed by atoms with Crippen LogP contribution in [0, 0.1) is 18.8 Å². The van der Waals surface area contributed by atoms with Gasteiger partial charge in [-0.2, -0.15) is 13.2 Å². The quantitative estimate of drug-likeness (QED) is 0.867. The number of aryl methyl sites for hydroxylation is 1. The zero-order valence-corrected chi connectivity index (χ0v) is 11.6. The van der Waals surface area contributed by atoms with Crippen LogP contribution in [0.1, 0.15) is 5.69 Å². The van der Waals surface area contributed by atoms with Crippen LogP contribution >= 0.6 is 0 Å². The topological polar surface area (TPSA) is 65.2 Å². The van der Waals surface area contributed by atoms with Crippen LogP contribution in [-0.4, -0.2) is 42.1 Å². The van der Waals surface area contributed by atoms with Crippen molar-refractivity contribution in [2.45, 2.75) is 13.1 Å². The number of anilines is 1. The van der Waals surface area contributed by atoms with E-state index >= 15 is 0 Å². The van der Waals surface area contributed by atoms with E-state index in [1.807, 2.05) is 0 Å². The van der Waals surface area contributed by atoms with Gasteiger partial charge >= 0.3 is 6.18 Å². The first-order valence-corrected chi connectivity index (χ1v) is 6.44. The molecule has 1 aromatic rings. The van der Waals surface area contributed by atoms with Crippen molar-refractivity contribution in [1.82, 2.24) is 9.88 Å². The number of aromatic nitrogens is 1. The molecule has 2 atom stereocenters. The van der Waals surface area contributed by atoms with Gasteiger partial charge in [0.2, 0.25) is 5.91 Å². The summed E-state index contributed by atoms with van der Waals surface area (Å²) in [5.74, 6) is -3.71. The minimum absolute atomic E-state index is 0.0137. The number of carbonyl (C=O) groups excluding carboxylic acids is 1. The van der Waals surface area contributed by atoms with E-state index in [9.17, 15) is 22.8 Å². The molecule has 1 amide bonds. The van der Waals surface area contributed by atoms with E-state index in [0.717, 1.165) is 0 Å². The fourth-order valence-electron chi connectivity index (χ4n) is 2.49. The molecule has 0 spiro atoms. The molecule has 8 heteroatoms. The van der Waals surface area contributed by atoms with Crippen LogP contribution in [0.15, 0.2) is 16.9 Å². The van der Waals surface area contributed by atoms with Crippen molar-refractivity contribution in [3.8, 4) is 0 Å². The Bertz CT molecular complexity index is 597. The van der Waals surface area contributed by atoms with Gasteiger partial charge in [-0.15, -0.1) is 0 Å². The fraction of sp³-hybridized carbons (Fsp3) is 0.538. The van der Waals surface area contributed by atoms with Crippen LogP contribution in [0.4, 0.5) is 18.9 Å². The Balaban J connectivity index is 2.17. The zero-order chi connectivity index (χ0) is 15.8. The number of pyridine rings is 1. The molecule has 0 radical (unpaired) electrons. The maximum atomic E-state index is 12.9. The number of hydrogen-bond donors (Lipinski definition) is 2. The van der Waals surface area contributed by atoms with E-state index in [2.05, 4.69) is 10.3 Å². The summed E-state index contributed by atoms with van der Waals surface area (Å²) in [6.07, 6.45) is -4.44. The number of nitrogens with one attached hydrogen (secondary N) is 2. The smallest absolute Gasteiger partial charge is 0.325 e. The molecule has 0 saturated carbocycles. The maximum Gasteiger partial charge on any atom is 0.393 e. The lowest BCUT2D eigenvalue weighted by Gasteiger charge is -2.20. The molecule has 116 valence electrons. The van der Waals surface area contributed by atoms with E-state index in [-0.39, 0.29) is 18.8 Å². The first kappa shape index (κ1) is 15.6. The van der Waals surface area contributed by atoms with Crippen molar-refractivity contribution in [3.63, 3.8) is 0 Å². The molecule has 1 aromatic heterocycles. The number of halogens is 3. The van der Waals surface area contributed by atoms with Gasteiger partial charge in [-0.1, -0.05) is 0 Å². The second kappa shape index (κ2) is 5.51. The van der Waals surface area contributed by atoms with Crippen molar-refractivity contribution in [3.05, 3.63) is 28.2 Å². The standard InChI is InChI=1S/C13H16F3N3O2/c1-7-3-4-10(12(21)17-7)18-11(20)8-5-19(2)6-9(8)13(14,15)16/h3-4,8-9H,5-6H2,1-2H3,(H,17,21)(H,18,20)/t8-,9-/m1/s1. The Morgan fingerprint density at radius 1 is 1.38 bits per heavy atom. The lowest BCUT2D eigenvalue weighted by molar-refractivity contribution is -0.182. The molecular weight excluding hydrogens is 287 g/mol. The molecule has 5 nitrogen and oxygen atoms in total. The van der Waals surface area contributed by atoms with Gasteiger partial charge in [0.25, 0.3) is 5.56 Å². The highest BCUT2D eigenvalue weighted by atomic mass is 19.4. The number of amides is 1. The summed E-state index contributed by atoms with van der Waals surface area (Å²) in [7, 11) is 1.53. The zero-order valence-electron chi connectivity index (χ0n) is 11.6. The molecule has 1 aliphatic rings. The normalized spacial score (nSPS) is 23.3. The Hall–Kier alpha value is -1.83. The Labute approximate surface area is 119 Å². The molecule has 0 bridgehead atoms. The van der Waals surface area contributed by atoms with Crippen LogP contribution in [0.2, 0.25) is 0 Å². The summed E-state index contributed by atoms with van der Waals surface area (Å²) < 4.78 is 38.8. The van der Waals surface area contributed by atoms with Crippen LogP contribution in [-0.2, 0) is 4.79 Å². The molecule has 1 saturated heterocycles. The van der Waals surface area contributed by atoms with Crippen LogP contribution in [0.25, 0.3) is 0 Å². The maximum absolute atomic E-state index is 12.9. The first-order valence-electron chi connectivity index (χ1n) is 6.44. The molecular formula is C13H16F3N3O2. The summed E-state index contributed by atoms with van der Waals surface area (Å²) in [5, 5.41) is 2.29. The van der Waals surface area contributed by atoms with Gasteiger partial charge in [-0.3, -0.25) is 9.59 Å². The van der Waals surface area contributed by atoms with E-state index < -0.39 is 29.5 Å². The van der Waals surface area contributed by atoms with Crippen molar-refractivity contribution in [2.75, 3.05) is 25.5 Å². The van der Waals surface area contributed by atoms with Gasteiger partial charge in [0.15, 0.2) is 0 Å². The average Bonchev–Trinajstić information content (AvgIpc) is 2.75. The number of carbonyl (C=O) groups is 1. The van der Waals surface area contributed by atoms with Crippen LogP contribution in [0.5, 0.6) is 0 Å². The van der Waals surface area contributed by atoms with Crippen molar-refractivity contribution >= 4 is 11.6 Å². The number of nitrogens with zero attached hydrogens (tertiary/aromatic N) is 1. The second-order valence-corrected chi connectivity index (χ2v) is 5.35.